The van der Waals surface area contributed by atoms with Crippen molar-refractivity contribution in [1.82, 2.24) is 13.7 Å². The summed E-state index contributed by atoms with van der Waals surface area (Å²) in [4.78, 5) is 42.0. The molecule has 30 heavy (non-hydrogen) atoms. The Balaban J connectivity index is 2.48. The molecule has 0 bridgehead atoms. The number of benzene rings is 1. The summed E-state index contributed by atoms with van der Waals surface area (Å²) in [6, 6.07) is 1.10. The summed E-state index contributed by atoms with van der Waals surface area (Å²) in [5.41, 5.74) is -2.96. The van der Waals surface area contributed by atoms with Gasteiger partial charge in [-0.05, 0) is 25.2 Å². The molecule has 0 spiro atoms. The second-order valence-electron chi connectivity index (χ2n) is 6.07. The molecule has 160 valence electrons. The number of esters is 1. The number of halogens is 2. The highest BCUT2D eigenvalue weighted by Crippen LogP contribution is 2.18. The van der Waals surface area contributed by atoms with Gasteiger partial charge in [0.2, 0.25) is 0 Å². The maximum Gasteiger partial charge on any atom is 0.341 e. The quantitative estimate of drug-likeness (QED) is 0.162. The fourth-order valence-electron chi connectivity index (χ4n) is 2.32. The van der Waals surface area contributed by atoms with Crippen molar-refractivity contribution in [1.29, 1.82) is 0 Å². The second-order valence-corrected chi connectivity index (χ2v) is 6.44. The average molecular weight is 440 g/mol. The van der Waals surface area contributed by atoms with Crippen molar-refractivity contribution in [2.75, 3.05) is 13.2 Å². The van der Waals surface area contributed by atoms with E-state index in [-0.39, 0.29) is 23.7 Å². The van der Waals surface area contributed by atoms with Crippen LogP contribution in [0.15, 0.2) is 39.5 Å². The second kappa shape index (κ2) is 9.39. The lowest BCUT2D eigenvalue weighted by atomic mass is 10.1. The molecule has 12 heteroatoms. The number of hydrogen-bond donors (Lipinski definition) is 0. The third-order valence-corrected chi connectivity index (χ3v) is 4.40. The largest absolute Gasteiger partial charge is 0.456 e. The first kappa shape index (κ1) is 22.9. The molecule has 2 aromatic rings. The van der Waals surface area contributed by atoms with Crippen LogP contribution in [0.4, 0.5) is 8.78 Å². The van der Waals surface area contributed by atoms with Gasteiger partial charge in [0.05, 0.1) is 17.0 Å². The molecular formula is C18H18F2N4O5S. The third kappa shape index (κ3) is 4.59. The van der Waals surface area contributed by atoms with Crippen LogP contribution in [0.2, 0.25) is 0 Å². The van der Waals surface area contributed by atoms with Crippen LogP contribution in [0.25, 0.3) is 5.69 Å². The van der Waals surface area contributed by atoms with Gasteiger partial charge in [-0.15, -0.1) is 0 Å². The number of aromatic nitrogens is 3. The zero-order valence-corrected chi connectivity index (χ0v) is 17.2. The minimum absolute atomic E-state index is 0.100. The van der Waals surface area contributed by atoms with Gasteiger partial charge in [0.15, 0.2) is 10.6 Å². The van der Waals surface area contributed by atoms with Gasteiger partial charge in [-0.3, -0.25) is 9.13 Å². The molecule has 0 aliphatic carbocycles. The van der Waals surface area contributed by atoms with E-state index in [0.717, 1.165) is 15.2 Å². The molecule has 0 fully saturated rings. The lowest BCUT2D eigenvalue weighted by Crippen LogP contribution is -2.44. The summed E-state index contributed by atoms with van der Waals surface area (Å²) in [5, 5.41) is 3.64. The lowest BCUT2D eigenvalue weighted by Gasteiger charge is -2.13. The summed E-state index contributed by atoms with van der Waals surface area (Å²) >= 11 is 4.95. The van der Waals surface area contributed by atoms with Crippen molar-refractivity contribution in [2.45, 2.75) is 6.92 Å². The summed E-state index contributed by atoms with van der Waals surface area (Å²) in [6.07, 6.45) is 1.46. The molecule has 0 N–H and O–H groups in total. The van der Waals surface area contributed by atoms with Gasteiger partial charge >= 0.3 is 17.3 Å². The Morgan fingerprint density at radius 3 is 2.37 bits per heavy atom. The maximum absolute atomic E-state index is 14.4. The van der Waals surface area contributed by atoms with Crippen molar-refractivity contribution < 1.29 is 23.1 Å². The Labute approximate surface area is 174 Å². The summed E-state index contributed by atoms with van der Waals surface area (Å²) in [6.45, 7) is 4.76. The Morgan fingerprint density at radius 1 is 1.20 bits per heavy atom. The van der Waals surface area contributed by atoms with Crippen molar-refractivity contribution in [3.8, 4) is 5.69 Å². The molecule has 0 atom stereocenters. The van der Waals surface area contributed by atoms with Crippen LogP contribution in [0.1, 0.15) is 17.3 Å². The van der Waals surface area contributed by atoms with Crippen molar-refractivity contribution in [2.24, 2.45) is 19.3 Å². The molecule has 1 aromatic carbocycles. The first-order valence-corrected chi connectivity index (χ1v) is 8.82. The van der Waals surface area contributed by atoms with Gasteiger partial charge in [-0.1, -0.05) is 17.8 Å². The van der Waals surface area contributed by atoms with Gasteiger partial charge in [-0.25, -0.2) is 27.7 Å². The Hall–Kier alpha value is -3.41. The standard InChI is InChI=1S/C18H18F2N4O5S/c1-5-6-29-21-10(2)9-28-15(25)11-7-14(13(20)8-12(11)19)24-16(26)22(3)18(30)23(4)17(24)27/h5,7-8H,1,6,9H2,2-4H3. The van der Waals surface area contributed by atoms with Gasteiger partial charge in [0.25, 0.3) is 0 Å². The maximum atomic E-state index is 14.4. The Morgan fingerprint density at radius 2 is 1.80 bits per heavy atom. The summed E-state index contributed by atoms with van der Waals surface area (Å²) in [7, 11) is 2.57. The molecule has 1 heterocycles. The number of oxime groups is 1. The SMILES string of the molecule is C=CCON=C(C)COC(=O)c1cc(-n2c(=O)n(C)c(=S)n(C)c2=O)c(F)cc1F. The first-order chi connectivity index (χ1) is 14.1. The summed E-state index contributed by atoms with van der Waals surface area (Å²) < 4.78 is 35.7. The number of carbonyl (C=O) groups excluding carboxylic acids is 1. The molecule has 1 aromatic heterocycles. The average Bonchev–Trinajstić information content (AvgIpc) is 2.70. The van der Waals surface area contributed by atoms with Crippen LogP contribution >= 0.6 is 12.2 Å². The molecule has 0 aliphatic heterocycles. The minimum atomic E-state index is -1.23. The van der Waals surface area contributed by atoms with Crippen LogP contribution in [0.3, 0.4) is 0 Å². The molecule has 2 rings (SSSR count). The number of nitrogens with zero attached hydrogens (tertiary/aromatic N) is 4. The number of rotatable bonds is 7. The van der Waals surface area contributed by atoms with E-state index >= 15 is 0 Å². The highest BCUT2D eigenvalue weighted by Gasteiger charge is 2.21. The van der Waals surface area contributed by atoms with E-state index in [0.29, 0.717) is 10.6 Å². The van der Waals surface area contributed by atoms with Gasteiger partial charge in [0.1, 0.15) is 19.0 Å². The fourth-order valence-corrected chi connectivity index (χ4v) is 2.47. The van der Waals surface area contributed by atoms with E-state index in [1.54, 1.807) is 0 Å². The molecule has 9 nitrogen and oxygen atoms in total. The topological polar surface area (TPSA) is 96.8 Å². The normalized spacial score (nSPS) is 11.3. The number of carbonyl (C=O) groups is 1. The molecule has 0 radical (unpaired) electrons. The predicted molar refractivity (Wildman–Crippen MR) is 107 cm³/mol. The van der Waals surface area contributed by atoms with Crippen LogP contribution in [0.5, 0.6) is 0 Å². The number of ether oxygens (including phenoxy) is 1. The Kier molecular flexibility index (Phi) is 7.16. The summed E-state index contributed by atoms with van der Waals surface area (Å²) in [5.74, 6) is -3.61. The van der Waals surface area contributed by atoms with Crippen LogP contribution in [-0.4, -0.2) is 38.6 Å². The molecule has 0 unspecified atom stereocenters. The lowest BCUT2D eigenvalue weighted by molar-refractivity contribution is 0.0553. The third-order valence-electron chi connectivity index (χ3n) is 3.85. The highest BCUT2D eigenvalue weighted by molar-refractivity contribution is 7.71. The molecule has 0 amide bonds. The predicted octanol–water partition coefficient (Wildman–Crippen LogP) is 1.62. The van der Waals surface area contributed by atoms with E-state index in [1.165, 1.54) is 27.1 Å². The van der Waals surface area contributed by atoms with E-state index in [4.69, 9.17) is 21.8 Å². The van der Waals surface area contributed by atoms with Crippen LogP contribution in [0, 0.1) is 16.4 Å². The first-order valence-electron chi connectivity index (χ1n) is 8.42. The highest BCUT2D eigenvalue weighted by atomic mass is 32.1. The van der Waals surface area contributed by atoms with Crippen molar-refractivity contribution in [3.05, 3.63) is 67.7 Å². The van der Waals surface area contributed by atoms with E-state index in [1.807, 2.05) is 0 Å². The van der Waals surface area contributed by atoms with Gasteiger partial charge < -0.3 is 9.57 Å². The van der Waals surface area contributed by atoms with Crippen molar-refractivity contribution in [3.63, 3.8) is 0 Å². The van der Waals surface area contributed by atoms with E-state index in [9.17, 15) is 23.2 Å². The number of hydrogen-bond acceptors (Lipinski definition) is 7. The Bertz CT molecular complexity index is 1170. The zero-order chi connectivity index (χ0) is 22.6. The smallest absolute Gasteiger partial charge is 0.341 e. The molecule has 0 aliphatic rings. The fraction of sp³-hybridized carbons (Fsp3) is 0.278. The van der Waals surface area contributed by atoms with E-state index in [2.05, 4.69) is 11.7 Å². The van der Waals surface area contributed by atoms with E-state index < -0.39 is 40.2 Å². The molecule has 0 saturated heterocycles. The van der Waals surface area contributed by atoms with Gasteiger partial charge in [-0.2, -0.15) is 0 Å². The van der Waals surface area contributed by atoms with Crippen molar-refractivity contribution >= 4 is 23.9 Å². The molecule has 0 saturated carbocycles. The van der Waals surface area contributed by atoms with Crippen LogP contribution < -0.4 is 11.4 Å². The van der Waals surface area contributed by atoms with Gasteiger partial charge in [0, 0.05) is 20.2 Å². The van der Waals surface area contributed by atoms with Crippen LogP contribution in [-0.2, 0) is 23.7 Å². The monoisotopic (exact) mass is 440 g/mol. The minimum Gasteiger partial charge on any atom is -0.456 e. The zero-order valence-electron chi connectivity index (χ0n) is 16.3. The molecular weight excluding hydrogens is 422 g/mol.